The van der Waals surface area contributed by atoms with Crippen molar-refractivity contribution >= 4 is 63.5 Å². The number of carbonyl (C=O) groups excluding carboxylic acids is 3. The smallest absolute Gasteiger partial charge is 0.263 e. The summed E-state index contributed by atoms with van der Waals surface area (Å²) in [5.41, 5.74) is 2.76. The van der Waals surface area contributed by atoms with Crippen LogP contribution in [0.4, 0.5) is 34.9 Å². The van der Waals surface area contributed by atoms with E-state index in [-0.39, 0.29) is 52.3 Å². The summed E-state index contributed by atoms with van der Waals surface area (Å²) in [7, 11) is 3.81. The van der Waals surface area contributed by atoms with Crippen molar-refractivity contribution in [3.8, 4) is 0 Å². The molecule has 1 saturated heterocycles. The third kappa shape index (κ3) is 9.07. The van der Waals surface area contributed by atoms with Gasteiger partial charge >= 0.3 is 0 Å². The third-order valence-corrected chi connectivity index (χ3v) is 15.0. The van der Waals surface area contributed by atoms with Crippen LogP contribution in [0.5, 0.6) is 0 Å². The summed E-state index contributed by atoms with van der Waals surface area (Å²) in [4.78, 5) is 80.8. The molecule has 0 bridgehead atoms. The summed E-state index contributed by atoms with van der Waals surface area (Å²) in [5.74, 6) is 3.79. The van der Waals surface area contributed by atoms with Crippen molar-refractivity contribution < 1.29 is 14.4 Å². The molecule has 5 N–H and O–H groups in total. The molecule has 5 aromatic heterocycles. The zero-order valence-corrected chi connectivity index (χ0v) is 39.0. The number of hydrogen-bond donors (Lipinski definition) is 5. The second-order valence-electron chi connectivity index (χ2n) is 19.7. The Morgan fingerprint density at radius 2 is 1.54 bits per heavy atom. The number of pyridine rings is 3. The van der Waals surface area contributed by atoms with Gasteiger partial charge in [0, 0.05) is 82.1 Å². The number of aryl methyl sites for hydroxylation is 2. The number of imidazole rings is 1. The molecule has 18 heteroatoms. The lowest BCUT2D eigenvalue weighted by molar-refractivity contribution is -0.125. The van der Waals surface area contributed by atoms with Gasteiger partial charge in [-0.1, -0.05) is 25.7 Å². The summed E-state index contributed by atoms with van der Waals surface area (Å²) >= 11 is 0. The van der Waals surface area contributed by atoms with Crippen LogP contribution in [-0.2, 0) is 11.8 Å². The lowest BCUT2D eigenvalue weighted by atomic mass is 9.52. The van der Waals surface area contributed by atoms with Crippen LogP contribution in [-0.4, -0.2) is 108 Å². The maximum Gasteiger partial charge on any atom is 0.263 e. The van der Waals surface area contributed by atoms with Gasteiger partial charge in [0.05, 0.1) is 29.6 Å². The highest BCUT2D eigenvalue weighted by Crippen LogP contribution is 2.56. The highest BCUT2D eigenvalue weighted by Gasteiger charge is 2.53. The fourth-order valence-corrected chi connectivity index (χ4v) is 11.6. The van der Waals surface area contributed by atoms with Crippen LogP contribution in [0.3, 0.4) is 0 Å². The van der Waals surface area contributed by atoms with E-state index >= 15 is 0 Å². The van der Waals surface area contributed by atoms with Gasteiger partial charge in [0.15, 0.2) is 11.6 Å². The number of piperazine rings is 1. The highest BCUT2D eigenvalue weighted by molar-refractivity contribution is 6.07. The molecular formula is C49H62N14O4. The number of hydrogen-bond acceptors (Lipinski definition) is 14. The second kappa shape index (κ2) is 18.3. The van der Waals surface area contributed by atoms with Gasteiger partial charge in [-0.25, -0.2) is 19.9 Å². The Hall–Kier alpha value is -6.43. The highest BCUT2D eigenvalue weighted by atomic mass is 16.2. The van der Waals surface area contributed by atoms with Crippen molar-refractivity contribution in [1.82, 2.24) is 44.3 Å². The Labute approximate surface area is 390 Å². The van der Waals surface area contributed by atoms with E-state index in [0.29, 0.717) is 63.8 Å². The summed E-state index contributed by atoms with van der Waals surface area (Å²) in [6, 6.07) is 7.91. The molecular weight excluding hydrogens is 849 g/mol. The second-order valence-corrected chi connectivity index (χ2v) is 19.7. The maximum absolute atomic E-state index is 13.6. The Morgan fingerprint density at radius 3 is 2.24 bits per heavy atom. The molecule has 5 aromatic rings. The van der Waals surface area contributed by atoms with Crippen LogP contribution >= 0.6 is 0 Å². The van der Waals surface area contributed by atoms with Crippen molar-refractivity contribution in [2.24, 2.45) is 12.5 Å². The van der Waals surface area contributed by atoms with Crippen LogP contribution in [0.2, 0.25) is 0 Å². The molecule has 0 unspecified atom stereocenters. The van der Waals surface area contributed by atoms with Gasteiger partial charge in [-0.2, -0.15) is 4.98 Å². The van der Waals surface area contributed by atoms with Crippen molar-refractivity contribution in [2.45, 2.75) is 115 Å². The minimum atomic E-state index is -0.278. The fraction of sp³-hybridized carbons (Fsp3) is 0.531. The first-order valence-electron chi connectivity index (χ1n) is 24.1. The zero-order valence-electron chi connectivity index (χ0n) is 39.0. The van der Waals surface area contributed by atoms with Crippen LogP contribution < -0.4 is 37.0 Å². The molecule has 0 atom stereocenters. The molecule has 0 aromatic carbocycles. The fourth-order valence-electron chi connectivity index (χ4n) is 11.6. The minimum Gasteiger partial charge on any atom is -0.373 e. The van der Waals surface area contributed by atoms with Crippen molar-refractivity contribution in [3.63, 3.8) is 0 Å². The number of ketones is 1. The van der Waals surface area contributed by atoms with Gasteiger partial charge in [-0.05, 0) is 100 Å². The number of nitrogens with one attached hydrogen (secondary N) is 5. The lowest BCUT2D eigenvalue weighted by Gasteiger charge is -2.58. The number of carbonyl (C=O) groups is 3. The topological polar surface area (TPSA) is 209 Å². The number of Topliss-reactive ketones (excluding diaryl/α,β-unsaturated/α-hetero) is 1. The molecule has 1 aliphatic heterocycles. The largest absolute Gasteiger partial charge is 0.373 e. The van der Waals surface area contributed by atoms with E-state index < -0.39 is 0 Å². The number of rotatable bonds is 14. The predicted octanol–water partition coefficient (Wildman–Crippen LogP) is 6.30. The van der Waals surface area contributed by atoms with E-state index in [1.165, 1.54) is 19.8 Å². The van der Waals surface area contributed by atoms with Crippen LogP contribution in [0, 0.1) is 12.3 Å². The van der Waals surface area contributed by atoms with E-state index in [1.807, 2.05) is 55.3 Å². The zero-order chi connectivity index (χ0) is 46.4. The molecule has 10 rings (SSSR count). The SMILES string of the molecule is CNc1ccc(C(=O)Nc2cn(C)c(C3CCCC3)n2)c(NC2CC3(CC(NC(=O)CN4CCN(c5ccc(Nc6ncc7c(C)c(C(C)=O)c(=O)n(C8CCCC8)c7n6)nc5)CC4)C3)C2)n1. The van der Waals surface area contributed by atoms with E-state index in [9.17, 15) is 19.2 Å². The molecule has 5 aliphatic rings. The van der Waals surface area contributed by atoms with Crippen LogP contribution in [0.25, 0.3) is 11.0 Å². The first kappa shape index (κ1) is 44.4. The molecule has 4 saturated carbocycles. The molecule has 0 radical (unpaired) electrons. The van der Waals surface area contributed by atoms with Crippen molar-refractivity contribution in [1.29, 1.82) is 0 Å². The number of fused-ring (bicyclic) bond motifs is 1. The molecule has 6 heterocycles. The molecule has 352 valence electrons. The quantitative estimate of drug-likeness (QED) is 0.0776. The molecule has 1 spiro atoms. The standard InChI is InChI=1S/C49H62N14O4/c1-29-37-26-52-48(59-45(37)63(34-11-7-8-12-34)47(67)42(29)30(2)64)58-39-15-13-35(25-51-39)62-19-17-61(18-20-62)28-41(65)53-32-21-49(22-32)23-33(24-49)54-43-36(14-16-38(50-3)55-43)46(66)57-40-27-60(4)44(56-40)31-9-5-6-10-31/h13-16,25-27,31-34H,5-12,17-24,28H2,1-4H3,(H,53,65)(H,57,66)(H2,50,54,55)(H,51,52,58,59). The number of amides is 2. The van der Waals surface area contributed by atoms with Gasteiger partial charge in [0.2, 0.25) is 11.9 Å². The van der Waals surface area contributed by atoms with E-state index in [2.05, 4.69) is 46.4 Å². The lowest BCUT2D eigenvalue weighted by Crippen LogP contribution is -2.60. The first-order valence-corrected chi connectivity index (χ1v) is 24.1. The average molecular weight is 911 g/mol. The average Bonchev–Trinajstić information content (AvgIpc) is 4.09. The Balaban J connectivity index is 0.673. The van der Waals surface area contributed by atoms with Crippen molar-refractivity contribution in [2.75, 3.05) is 65.9 Å². The first-order chi connectivity index (χ1) is 32.4. The van der Waals surface area contributed by atoms with Crippen LogP contribution in [0.1, 0.15) is 128 Å². The maximum atomic E-state index is 13.6. The summed E-state index contributed by atoms with van der Waals surface area (Å²) in [5, 5.41) is 16.9. The van der Waals surface area contributed by atoms with E-state index in [4.69, 9.17) is 15.0 Å². The van der Waals surface area contributed by atoms with Crippen LogP contribution in [0.15, 0.2) is 47.7 Å². The van der Waals surface area contributed by atoms with E-state index in [1.54, 1.807) is 17.7 Å². The number of nitrogens with zero attached hydrogens (tertiary/aromatic N) is 9. The van der Waals surface area contributed by atoms with Gasteiger partial charge < -0.3 is 36.1 Å². The molecule has 18 nitrogen and oxygen atoms in total. The minimum absolute atomic E-state index is 0.00266. The van der Waals surface area contributed by atoms with Gasteiger partial charge in [0.1, 0.15) is 28.9 Å². The molecule has 67 heavy (non-hydrogen) atoms. The van der Waals surface area contributed by atoms with Gasteiger partial charge in [-0.15, -0.1) is 0 Å². The Kier molecular flexibility index (Phi) is 12.2. The van der Waals surface area contributed by atoms with E-state index in [0.717, 1.165) is 102 Å². The number of anilines is 6. The predicted molar refractivity (Wildman–Crippen MR) is 259 cm³/mol. The Morgan fingerprint density at radius 1 is 0.821 bits per heavy atom. The summed E-state index contributed by atoms with van der Waals surface area (Å²) in [6.07, 6.45) is 17.8. The van der Waals surface area contributed by atoms with Gasteiger partial charge in [-0.3, -0.25) is 28.6 Å². The van der Waals surface area contributed by atoms with Crippen molar-refractivity contribution in [3.05, 3.63) is 75.7 Å². The monoisotopic (exact) mass is 911 g/mol. The summed E-state index contributed by atoms with van der Waals surface area (Å²) in [6.45, 7) is 6.68. The Bertz CT molecular complexity index is 2730. The summed E-state index contributed by atoms with van der Waals surface area (Å²) < 4.78 is 3.75. The molecule has 4 aliphatic carbocycles. The normalized spacial score (nSPS) is 22.1. The molecule has 5 fully saturated rings. The van der Waals surface area contributed by atoms with Gasteiger partial charge in [0.25, 0.3) is 11.5 Å². The number of aromatic nitrogens is 7. The molecule has 2 amide bonds. The third-order valence-electron chi connectivity index (χ3n) is 15.0.